The topological polar surface area (TPSA) is 70.7 Å². The quantitative estimate of drug-likeness (QED) is 0.822. The molecule has 0 unspecified atom stereocenters. The Morgan fingerprint density at radius 2 is 1.81 bits per heavy atom. The summed E-state index contributed by atoms with van der Waals surface area (Å²) in [5.74, 6) is -0.00139. The summed E-state index contributed by atoms with van der Waals surface area (Å²) in [6, 6.07) is 7.52. The Kier molecular flexibility index (Phi) is 7.29. The van der Waals surface area contributed by atoms with Crippen LogP contribution in [0.25, 0.3) is 0 Å². The largest absolute Gasteiger partial charge is 0.444 e. The van der Waals surface area contributed by atoms with Gasteiger partial charge in [0.2, 0.25) is 5.91 Å². The summed E-state index contributed by atoms with van der Waals surface area (Å²) in [7, 11) is 0. The lowest BCUT2D eigenvalue weighted by atomic mass is 10.1. The van der Waals surface area contributed by atoms with Crippen molar-refractivity contribution in [3.63, 3.8) is 0 Å². The molecular formula is C19H28ClN3O3. The molecule has 6 nitrogen and oxygen atoms in total. The van der Waals surface area contributed by atoms with Gasteiger partial charge in [0.1, 0.15) is 5.60 Å². The van der Waals surface area contributed by atoms with E-state index in [0.29, 0.717) is 18.1 Å². The predicted octanol–water partition coefficient (Wildman–Crippen LogP) is 2.95. The zero-order valence-electron chi connectivity index (χ0n) is 15.7. The van der Waals surface area contributed by atoms with E-state index >= 15 is 0 Å². The van der Waals surface area contributed by atoms with Crippen molar-refractivity contribution in [2.75, 3.05) is 19.6 Å². The summed E-state index contributed by atoms with van der Waals surface area (Å²) < 4.78 is 5.28. The maximum atomic E-state index is 12.1. The summed E-state index contributed by atoms with van der Waals surface area (Å²) in [4.78, 5) is 26.0. The monoisotopic (exact) mass is 381 g/mol. The van der Waals surface area contributed by atoms with E-state index in [4.69, 9.17) is 16.3 Å². The van der Waals surface area contributed by atoms with E-state index in [1.165, 1.54) is 0 Å². The molecule has 0 bridgehead atoms. The number of likely N-dealkylation sites (tertiary alicyclic amines) is 1. The number of rotatable bonds is 5. The average molecular weight is 382 g/mol. The molecule has 26 heavy (non-hydrogen) atoms. The lowest BCUT2D eigenvalue weighted by molar-refractivity contribution is -0.122. The van der Waals surface area contributed by atoms with Gasteiger partial charge in [0.15, 0.2) is 0 Å². The van der Waals surface area contributed by atoms with Crippen molar-refractivity contribution in [3.8, 4) is 0 Å². The molecule has 0 radical (unpaired) electrons. The molecule has 0 aliphatic carbocycles. The van der Waals surface area contributed by atoms with Gasteiger partial charge in [-0.2, -0.15) is 0 Å². The summed E-state index contributed by atoms with van der Waals surface area (Å²) >= 11 is 5.85. The molecule has 0 atom stereocenters. The van der Waals surface area contributed by atoms with Gasteiger partial charge in [-0.25, -0.2) is 4.79 Å². The van der Waals surface area contributed by atoms with Gasteiger partial charge in [-0.3, -0.25) is 9.69 Å². The number of alkyl carbamates (subject to hydrolysis) is 1. The van der Waals surface area contributed by atoms with Crippen LogP contribution in [-0.4, -0.2) is 48.2 Å². The van der Waals surface area contributed by atoms with E-state index in [2.05, 4.69) is 15.5 Å². The molecule has 1 aromatic carbocycles. The first-order valence-corrected chi connectivity index (χ1v) is 9.32. The van der Waals surface area contributed by atoms with Gasteiger partial charge >= 0.3 is 6.09 Å². The van der Waals surface area contributed by atoms with Gasteiger partial charge in [0.25, 0.3) is 0 Å². The van der Waals surface area contributed by atoms with Gasteiger partial charge in [0, 0.05) is 30.7 Å². The van der Waals surface area contributed by atoms with E-state index < -0.39 is 5.60 Å². The first kappa shape index (κ1) is 20.5. The minimum atomic E-state index is -0.493. The standard InChI is InChI=1S/C19H28ClN3O3/c1-19(2,3)26-18(25)22-16-8-10-23(11-9-16)13-17(24)21-12-14-4-6-15(20)7-5-14/h4-7,16H,8-13H2,1-3H3,(H,21,24)(H,22,25). The highest BCUT2D eigenvalue weighted by Gasteiger charge is 2.24. The van der Waals surface area contributed by atoms with Gasteiger partial charge in [-0.1, -0.05) is 23.7 Å². The van der Waals surface area contributed by atoms with Crippen LogP contribution in [0, 0.1) is 0 Å². The number of hydrogen-bond acceptors (Lipinski definition) is 4. The molecule has 1 aromatic rings. The van der Waals surface area contributed by atoms with Crippen LogP contribution >= 0.6 is 11.6 Å². The van der Waals surface area contributed by atoms with E-state index in [1.807, 2.05) is 45.0 Å². The molecule has 1 aliphatic rings. The SMILES string of the molecule is CC(C)(C)OC(=O)NC1CCN(CC(=O)NCc2ccc(Cl)cc2)CC1. The van der Waals surface area contributed by atoms with Crippen molar-refractivity contribution in [3.05, 3.63) is 34.9 Å². The maximum absolute atomic E-state index is 12.1. The van der Waals surface area contributed by atoms with Crippen molar-refractivity contribution in [2.24, 2.45) is 0 Å². The number of carbonyl (C=O) groups excluding carboxylic acids is 2. The van der Waals surface area contributed by atoms with Crippen LogP contribution in [0.3, 0.4) is 0 Å². The van der Waals surface area contributed by atoms with E-state index in [0.717, 1.165) is 31.5 Å². The maximum Gasteiger partial charge on any atom is 0.407 e. The molecule has 7 heteroatoms. The van der Waals surface area contributed by atoms with Crippen molar-refractivity contribution in [2.45, 2.75) is 51.8 Å². The van der Waals surface area contributed by atoms with Crippen LogP contribution in [0.1, 0.15) is 39.2 Å². The summed E-state index contributed by atoms with van der Waals surface area (Å²) in [6.45, 7) is 7.94. The number of nitrogens with one attached hydrogen (secondary N) is 2. The molecule has 1 fully saturated rings. The molecule has 1 heterocycles. The Bertz CT molecular complexity index is 605. The van der Waals surface area contributed by atoms with Gasteiger partial charge in [-0.05, 0) is 51.3 Å². The third kappa shape index (κ3) is 7.62. The third-order valence-corrected chi connectivity index (χ3v) is 4.33. The van der Waals surface area contributed by atoms with Crippen LogP contribution in [0.4, 0.5) is 4.79 Å². The lowest BCUT2D eigenvalue weighted by Crippen LogP contribution is -2.48. The van der Waals surface area contributed by atoms with Crippen molar-refractivity contribution >= 4 is 23.6 Å². The summed E-state index contributed by atoms with van der Waals surface area (Å²) in [6.07, 6.45) is 1.24. The third-order valence-electron chi connectivity index (χ3n) is 4.08. The molecule has 2 rings (SSSR count). The minimum absolute atomic E-state index is 0.00139. The number of amides is 2. The van der Waals surface area contributed by atoms with Gasteiger partial charge in [0.05, 0.1) is 6.54 Å². The molecule has 0 saturated carbocycles. The minimum Gasteiger partial charge on any atom is -0.444 e. The second-order valence-electron chi connectivity index (χ2n) is 7.60. The Labute approximate surface area is 160 Å². The molecule has 1 aliphatic heterocycles. The lowest BCUT2D eigenvalue weighted by Gasteiger charge is -2.32. The second kappa shape index (κ2) is 9.24. The fraction of sp³-hybridized carbons (Fsp3) is 0.579. The zero-order chi connectivity index (χ0) is 19.2. The molecule has 0 spiro atoms. The summed E-state index contributed by atoms with van der Waals surface area (Å²) in [5.41, 5.74) is 0.524. The Balaban J connectivity index is 1.65. The number of hydrogen-bond donors (Lipinski definition) is 2. The highest BCUT2D eigenvalue weighted by Crippen LogP contribution is 2.13. The molecule has 144 valence electrons. The normalized spacial score (nSPS) is 16.2. The number of benzene rings is 1. The Hall–Kier alpha value is -1.79. The van der Waals surface area contributed by atoms with E-state index in [9.17, 15) is 9.59 Å². The predicted molar refractivity (Wildman–Crippen MR) is 102 cm³/mol. The number of piperidine rings is 1. The fourth-order valence-corrected chi connectivity index (χ4v) is 2.90. The molecule has 2 amide bonds. The van der Waals surface area contributed by atoms with Crippen LogP contribution in [0.2, 0.25) is 5.02 Å². The summed E-state index contributed by atoms with van der Waals surface area (Å²) in [5, 5.41) is 6.51. The van der Waals surface area contributed by atoms with Gasteiger partial charge in [-0.15, -0.1) is 0 Å². The van der Waals surface area contributed by atoms with Crippen LogP contribution < -0.4 is 10.6 Å². The molecular weight excluding hydrogens is 354 g/mol. The molecule has 2 N–H and O–H groups in total. The van der Waals surface area contributed by atoms with E-state index in [1.54, 1.807) is 0 Å². The van der Waals surface area contributed by atoms with Crippen molar-refractivity contribution in [1.82, 2.24) is 15.5 Å². The second-order valence-corrected chi connectivity index (χ2v) is 8.04. The first-order chi connectivity index (χ1) is 12.2. The highest BCUT2D eigenvalue weighted by molar-refractivity contribution is 6.30. The fourth-order valence-electron chi connectivity index (χ4n) is 2.77. The number of ether oxygens (including phenoxy) is 1. The van der Waals surface area contributed by atoms with Crippen molar-refractivity contribution in [1.29, 1.82) is 0 Å². The van der Waals surface area contributed by atoms with E-state index in [-0.39, 0.29) is 18.0 Å². The Morgan fingerprint density at radius 3 is 2.38 bits per heavy atom. The van der Waals surface area contributed by atoms with Gasteiger partial charge < -0.3 is 15.4 Å². The number of halogens is 1. The first-order valence-electron chi connectivity index (χ1n) is 8.94. The molecule has 1 saturated heterocycles. The van der Waals surface area contributed by atoms with Crippen LogP contribution in [-0.2, 0) is 16.1 Å². The smallest absolute Gasteiger partial charge is 0.407 e. The van der Waals surface area contributed by atoms with Crippen LogP contribution in [0.15, 0.2) is 24.3 Å². The Morgan fingerprint density at radius 1 is 1.19 bits per heavy atom. The average Bonchev–Trinajstić information content (AvgIpc) is 2.54. The zero-order valence-corrected chi connectivity index (χ0v) is 16.4. The number of nitrogens with zero attached hydrogens (tertiary/aromatic N) is 1. The number of carbonyl (C=O) groups is 2. The van der Waals surface area contributed by atoms with Crippen molar-refractivity contribution < 1.29 is 14.3 Å². The molecule has 0 aromatic heterocycles. The van der Waals surface area contributed by atoms with Crippen LogP contribution in [0.5, 0.6) is 0 Å². The highest BCUT2D eigenvalue weighted by atomic mass is 35.5.